The Morgan fingerprint density at radius 1 is 1.11 bits per heavy atom. The zero-order chi connectivity index (χ0) is 27.4. The molecule has 2 atom stereocenters. The average Bonchev–Trinajstić information content (AvgIpc) is 3.01. The number of hydrogen-bond donors (Lipinski definition) is 0. The van der Waals surface area contributed by atoms with Crippen molar-refractivity contribution in [3.63, 3.8) is 0 Å². The van der Waals surface area contributed by atoms with Gasteiger partial charge in [0, 0.05) is 29.8 Å². The second-order valence-electron chi connectivity index (χ2n) is 8.94. The molecule has 1 amide bonds. The van der Waals surface area contributed by atoms with E-state index < -0.39 is 59.5 Å². The van der Waals surface area contributed by atoms with E-state index in [9.17, 15) is 31.9 Å². The Kier molecular flexibility index (Phi) is 6.46. The summed E-state index contributed by atoms with van der Waals surface area (Å²) in [4.78, 5) is 39.3. The van der Waals surface area contributed by atoms with Crippen molar-refractivity contribution < 1.29 is 31.9 Å². The number of halogens is 4. The number of nitrogens with zero attached hydrogens (tertiary/aromatic N) is 3. The van der Waals surface area contributed by atoms with E-state index in [2.05, 4.69) is 0 Å². The molecule has 2 aromatic carbocycles. The number of amides is 1. The first kappa shape index (κ1) is 25.8. The minimum Gasteiger partial charge on any atom is -0.420 e. The normalized spacial score (nSPS) is 17.7. The third-order valence-electron chi connectivity index (χ3n) is 6.56. The van der Waals surface area contributed by atoms with Crippen molar-refractivity contribution in [2.75, 3.05) is 11.7 Å². The number of esters is 1. The zero-order valence-corrected chi connectivity index (χ0v) is 21.0. The smallest absolute Gasteiger partial charge is 0.408 e. The number of benzene rings is 2. The fraction of sp³-hybridized carbons (Fsp3) is 0.269. The second kappa shape index (κ2) is 9.50. The molecule has 0 saturated carbocycles. The summed E-state index contributed by atoms with van der Waals surface area (Å²) in [7, 11) is 0. The molecule has 3 heterocycles. The Morgan fingerprint density at radius 3 is 2.55 bits per heavy atom. The quantitative estimate of drug-likeness (QED) is 0.353. The molecule has 0 saturated heterocycles. The van der Waals surface area contributed by atoms with E-state index >= 15 is 0 Å². The van der Waals surface area contributed by atoms with Crippen molar-refractivity contribution in [1.29, 1.82) is 0 Å². The molecule has 198 valence electrons. The minimum atomic E-state index is -4.79. The van der Waals surface area contributed by atoms with Gasteiger partial charge in [-0.25, -0.2) is 4.39 Å². The van der Waals surface area contributed by atoms with Gasteiger partial charge in [-0.2, -0.15) is 13.2 Å². The summed E-state index contributed by atoms with van der Waals surface area (Å²) >= 11 is 1.49. The number of fused-ring (bicyclic) bond motifs is 3. The van der Waals surface area contributed by atoms with Gasteiger partial charge in [0.2, 0.25) is 11.2 Å². The summed E-state index contributed by atoms with van der Waals surface area (Å²) in [6.45, 7) is 1.31. The number of hydrogen-bond acceptors (Lipinski definition) is 6. The van der Waals surface area contributed by atoms with Gasteiger partial charge in [-0.3, -0.25) is 24.1 Å². The predicted octanol–water partition coefficient (Wildman–Crippen LogP) is 4.61. The van der Waals surface area contributed by atoms with Crippen molar-refractivity contribution >= 4 is 23.6 Å². The maximum atomic E-state index is 14.6. The molecule has 0 aliphatic carbocycles. The molecule has 5 rings (SSSR count). The van der Waals surface area contributed by atoms with Crippen LogP contribution in [-0.2, 0) is 10.5 Å². The lowest BCUT2D eigenvalue weighted by Crippen LogP contribution is -2.60. The van der Waals surface area contributed by atoms with E-state index in [-0.39, 0.29) is 0 Å². The van der Waals surface area contributed by atoms with E-state index in [0.717, 1.165) is 30.4 Å². The van der Waals surface area contributed by atoms with Crippen LogP contribution in [0.25, 0.3) is 0 Å². The number of thioether (sulfide) groups is 1. The Bertz CT molecular complexity index is 1510. The maximum absolute atomic E-state index is 14.6. The van der Waals surface area contributed by atoms with Crippen LogP contribution >= 0.6 is 11.8 Å². The molecule has 0 N–H and O–H groups in total. The van der Waals surface area contributed by atoms with Gasteiger partial charge < -0.3 is 9.64 Å². The number of carbonyl (C=O) groups is 2. The third kappa shape index (κ3) is 4.42. The van der Waals surface area contributed by atoms with E-state index in [1.54, 1.807) is 18.2 Å². The molecule has 38 heavy (non-hydrogen) atoms. The largest absolute Gasteiger partial charge is 0.420 e. The number of alkyl halides is 3. The van der Waals surface area contributed by atoms with Gasteiger partial charge >= 0.3 is 12.1 Å². The monoisotopic (exact) mass is 547 g/mol. The molecule has 2 aliphatic rings. The number of carbonyl (C=O) groups excluding carboxylic acids is 2. The summed E-state index contributed by atoms with van der Waals surface area (Å²) in [6.07, 6.45) is -3.54. The molecule has 12 heteroatoms. The van der Waals surface area contributed by atoms with E-state index in [4.69, 9.17) is 4.74 Å². The first-order valence-corrected chi connectivity index (χ1v) is 12.5. The van der Waals surface area contributed by atoms with Crippen LogP contribution in [0.15, 0.2) is 64.4 Å². The lowest BCUT2D eigenvalue weighted by molar-refractivity contribution is -0.173. The summed E-state index contributed by atoms with van der Waals surface area (Å²) in [5, 5.41) is 1.45. The van der Waals surface area contributed by atoms with Crippen molar-refractivity contribution in [3.05, 3.63) is 93.2 Å². The van der Waals surface area contributed by atoms with E-state index in [0.29, 0.717) is 21.8 Å². The predicted molar refractivity (Wildman–Crippen MR) is 131 cm³/mol. The molecule has 1 aromatic heterocycles. The first-order valence-electron chi connectivity index (χ1n) is 11.6. The van der Waals surface area contributed by atoms with Crippen molar-refractivity contribution in [2.45, 2.75) is 42.8 Å². The van der Waals surface area contributed by atoms with Gasteiger partial charge in [-0.1, -0.05) is 24.3 Å². The summed E-state index contributed by atoms with van der Waals surface area (Å²) < 4.78 is 62.6. The molecular formula is C26H21F4N3O4S. The summed E-state index contributed by atoms with van der Waals surface area (Å²) in [5.41, 5.74) is 0.559. The lowest BCUT2D eigenvalue weighted by atomic mass is 9.94. The van der Waals surface area contributed by atoms with Crippen molar-refractivity contribution in [3.8, 4) is 5.75 Å². The summed E-state index contributed by atoms with van der Waals surface area (Å²) in [5.74, 6) is -2.78. The van der Waals surface area contributed by atoms with Gasteiger partial charge in [-0.05, 0) is 41.8 Å². The van der Waals surface area contributed by atoms with Crippen LogP contribution in [0.1, 0.15) is 47.1 Å². The van der Waals surface area contributed by atoms with Gasteiger partial charge in [0.1, 0.15) is 18.5 Å². The van der Waals surface area contributed by atoms with E-state index in [1.807, 2.05) is 12.1 Å². The topological polar surface area (TPSA) is 71.8 Å². The molecule has 0 spiro atoms. The fourth-order valence-electron chi connectivity index (χ4n) is 4.70. The van der Waals surface area contributed by atoms with Crippen LogP contribution in [0.4, 0.5) is 17.6 Å². The second-order valence-corrected chi connectivity index (χ2v) is 9.96. The van der Waals surface area contributed by atoms with Gasteiger partial charge in [0.05, 0.1) is 6.04 Å². The average molecular weight is 548 g/mol. The highest BCUT2D eigenvalue weighted by Gasteiger charge is 2.48. The standard InChI is InChI=1S/C26H21F4N3O4S/c1-14(26(28,29)30)31-13-33(32-10-9-20(35)24(37-15(2)34)23(32)25(31)36)22-18-5-3-4-6-21(18)38-12-16-7-8-17(27)11-19(16)22/h3-11,14,22H,12-13H2,1-2H3/t14-,22+/m0/s1. The zero-order valence-electron chi connectivity index (χ0n) is 20.2. The number of aromatic nitrogens is 1. The lowest BCUT2D eigenvalue weighted by Gasteiger charge is -2.46. The van der Waals surface area contributed by atoms with Crippen LogP contribution in [0.3, 0.4) is 0 Å². The van der Waals surface area contributed by atoms with Crippen LogP contribution in [-0.4, -0.2) is 40.3 Å². The molecule has 0 fully saturated rings. The highest BCUT2D eigenvalue weighted by Crippen LogP contribution is 2.43. The van der Waals surface area contributed by atoms with Gasteiger partial charge in [-0.15, -0.1) is 11.8 Å². The fourth-order valence-corrected chi connectivity index (χ4v) is 5.80. The molecule has 3 aromatic rings. The van der Waals surface area contributed by atoms with Crippen molar-refractivity contribution in [1.82, 2.24) is 9.58 Å². The molecule has 0 unspecified atom stereocenters. The maximum Gasteiger partial charge on any atom is 0.408 e. The van der Waals surface area contributed by atoms with E-state index in [1.165, 1.54) is 39.8 Å². The Hall–Kier alpha value is -3.80. The van der Waals surface area contributed by atoms with Crippen LogP contribution in [0, 0.1) is 5.82 Å². The molecule has 0 radical (unpaired) electrons. The summed E-state index contributed by atoms with van der Waals surface area (Å²) in [6, 6.07) is 9.46. The Balaban J connectivity index is 1.81. The third-order valence-corrected chi connectivity index (χ3v) is 7.70. The highest BCUT2D eigenvalue weighted by atomic mass is 32.2. The Labute approximate surface area is 218 Å². The molecule has 7 nitrogen and oxygen atoms in total. The highest BCUT2D eigenvalue weighted by molar-refractivity contribution is 7.98. The van der Waals surface area contributed by atoms with Crippen LogP contribution < -0.4 is 15.2 Å². The molecule has 0 bridgehead atoms. The molecular weight excluding hydrogens is 526 g/mol. The SMILES string of the molecule is CC(=O)Oc1c2n(ccc1=O)N([C@H]1c3cc(F)ccc3CSc3ccccc31)CN([C@@H](C)C(F)(F)F)C2=O. The van der Waals surface area contributed by atoms with Crippen LogP contribution in [0.2, 0.25) is 0 Å². The Morgan fingerprint density at radius 2 is 1.84 bits per heavy atom. The number of rotatable bonds is 3. The van der Waals surface area contributed by atoms with Gasteiger partial charge in [0.15, 0.2) is 5.69 Å². The first-order chi connectivity index (χ1) is 18.0. The van der Waals surface area contributed by atoms with Gasteiger partial charge in [0.25, 0.3) is 5.91 Å². The molecule has 2 aliphatic heterocycles. The van der Waals surface area contributed by atoms with Crippen LogP contribution in [0.5, 0.6) is 5.75 Å². The van der Waals surface area contributed by atoms with Crippen molar-refractivity contribution in [2.24, 2.45) is 0 Å². The number of ether oxygens (including phenoxy) is 1. The minimum absolute atomic E-state index is 0.480. The number of pyridine rings is 1.